The topological polar surface area (TPSA) is 37.3 Å². The maximum Gasteiger partial charge on any atom is 0.300 e. The van der Waals surface area contributed by atoms with E-state index in [0.29, 0.717) is 0 Å². The van der Waals surface area contributed by atoms with E-state index in [-0.39, 0.29) is 0 Å². The molecule has 2 nitrogen and oxygen atoms in total. The summed E-state index contributed by atoms with van der Waals surface area (Å²) < 4.78 is 0. The van der Waals surface area contributed by atoms with Crippen molar-refractivity contribution in [2.75, 3.05) is 0 Å². The Morgan fingerprint density at radius 2 is 1.40 bits per heavy atom. The molecule has 0 radical (unpaired) electrons. The molecular weight excluding hydrogens is 128 g/mol. The van der Waals surface area contributed by atoms with E-state index < -0.39 is 5.97 Å². The summed E-state index contributed by atoms with van der Waals surface area (Å²) in [5.41, 5.74) is 0. The number of rotatable bonds is 1. The minimum absolute atomic E-state index is 0.833. The first kappa shape index (κ1) is 15.9. The van der Waals surface area contributed by atoms with Crippen LogP contribution < -0.4 is 0 Å². The van der Waals surface area contributed by atoms with E-state index in [2.05, 4.69) is 26.3 Å². The Morgan fingerprint density at radius 3 is 1.40 bits per heavy atom. The summed E-state index contributed by atoms with van der Waals surface area (Å²) in [6.07, 6.45) is 3.28. The summed E-state index contributed by atoms with van der Waals surface area (Å²) in [5.74, 6) is -0.833. The third kappa shape index (κ3) is 2250. The molecule has 0 fully saturated rings. The van der Waals surface area contributed by atoms with Gasteiger partial charge in [0.1, 0.15) is 0 Å². The van der Waals surface area contributed by atoms with Crippen LogP contribution in [0.15, 0.2) is 38.5 Å². The van der Waals surface area contributed by atoms with Gasteiger partial charge in [0.05, 0.1) is 0 Å². The summed E-state index contributed by atoms with van der Waals surface area (Å²) in [7, 11) is 0. The molecule has 2 heteroatoms. The normalized spacial score (nSPS) is 4.90. The minimum Gasteiger partial charge on any atom is -0.481 e. The highest BCUT2D eigenvalue weighted by Crippen LogP contribution is 1.52. The first-order chi connectivity index (χ1) is 4.65. The van der Waals surface area contributed by atoms with Crippen LogP contribution in [-0.4, -0.2) is 11.1 Å². The molecule has 0 aliphatic carbocycles. The molecule has 0 aliphatic heterocycles. The summed E-state index contributed by atoms with van der Waals surface area (Å²) in [6, 6.07) is 0. The van der Waals surface area contributed by atoms with E-state index in [9.17, 15) is 0 Å². The van der Waals surface area contributed by atoms with Crippen molar-refractivity contribution >= 4 is 5.97 Å². The van der Waals surface area contributed by atoms with Crippen molar-refractivity contribution < 1.29 is 9.90 Å². The van der Waals surface area contributed by atoms with Crippen molar-refractivity contribution in [3.8, 4) is 0 Å². The van der Waals surface area contributed by atoms with Crippen LogP contribution in [0.1, 0.15) is 6.92 Å². The van der Waals surface area contributed by atoms with E-state index in [4.69, 9.17) is 9.90 Å². The highest BCUT2D eigenvalue weighted by atomic mass is 16.4. The van der Waals surface area contributed by atoms with Gasteiger partial charge in [-0.2, -0.15) is 0 Å². The molecule has 58 valence electrons. The Kier molecular flexibility index (Phi) is 40.1. The zero-order valence-corrected chi connectivity index (χ0v) is 6.34. The van der Waals surface area contributed by atoms with Crippen LogP contribution >= 0.6 is 0 Å². The molecule has 0 rings (SSSR count). The summed E-state index contributed by atoms with van der Waals surface area (Å²) in [4.78, 5) is 9.00. The Hall–Kier alpha value is -1.31. The number of carboxylic acids is 1. The van der Waals surface area contributed by atoms with E-state index in [1.54, 1.807) is 12.2 Å². The highest BCUT2D eigenvalue weighted by molar-refractivity contribution is 5.62. The zero-order valence-electron chi connectivity index (χ0n) is 6.34. The van der Waals surface area contributed by atoms with Crippen LogP contribution in [0.25, 0.3) is 0 Å². The van der Waals surface area contributed by atoms with E-state index >= 15 is 0 Å². The van der Waals surface area contributed by atoms with E-state index in [1.807, 2.05) is 0 Å². The van der Waals surface area contributed by atoms with Crippen LogP contribution in [0, 0.1) is 0 Å². The largest absolute Gasteiger partial charge is 0.481 e. The van der Waals surface area contributed by atoms with Crippen LogP contribution in [-0.2, 0) is 4.79 Å². The second kappa shape index (κ2) is 25.3. The fraction of sp³-hybridized carbons (Fsp3) is 0.125. The molecule has 0 bridgehead atoms. The van der Waals surface area contributed by atoms with Gasteiger partial charge in [-0.3, -0.25) is 4.79 Å². The van der Waals surface area contributed by atoms with Crippen molar-refractivity contribution in [2.24, 2.45) is 0 Å². The lowest BCUT2D eigenvalue weighted by Gasteiger charge is -1.59. The lowest BCUT2D eigenvalue weighted by atomic mass is 10.6. The van der Waals surface area contributed by atoms with E-state index in [1.165, 1.54) is 0 Å². The van der Waals surface area contributed by atoms with Gasteiger partial charge in [0.2, 0.25) is 0 Å². The molecule has 0 spiro atoms. The molecule has 0 aromatic carbocycles. The molecule has 1 N–H and O–H groups in total. The molecule has 0 aliphatic rings. The van der Waals surface area contributed by atoms with Gasteiger partial charge in [-0.05, 0) is 0 Å². The standard InChI is InChI=1S/C4H6.C2H4O2.C2H4/c1-3-4-2;1-2(3)4;1-2/h3-4H,1-2H2;1H3,(H,3,4);1-2H2. The average molecular weight is 142 g/mol. The van der Waals surface area contributed by atoms with Gasteiger partial charge in [0, 0.05) is 6.92 Å². The Bertz CT molecular complexity index is 85.4. The number of carbonyl (C=O) groups is 1. The van der Waals surface area contributed by atoms with Gasteiger partial charge in [0.25, 0.3) is 5.97 Å². The second-order valence-electron chi connectivity index (χ2n) is 0.990. The van der Waals surface area contributed by atoms with Crippen LogP contribution in [0.2, 0.25) is 0 Å². The molecule has 0 aromatic heterocycles. The monoisotopic (exact) mass is 142 g/mol. The quantitative estimate of drug-likeness (QED) is 0.450. The molecule has 0 aromatic rings. The Labute approximate surface area is 62.2 Å². The first-order valence-corrected chi connectivity index (χ1v) is 2.58. The van der Waals surface area contributed by atoms with Crippen LogP contribution in [0.5, 0.6) is 0 Å². The predicted molar refractivity (Wildman–Crippen MR) is 45.0 cm³/mol. The number of allylic oxidation sites excluding steroid dienone is 2. The van der Waals surface area contributed by atoms with Gasteiger partial charge in [-0.25, -0.2) is 0 Å². The van der Waals surface area contributed by atoms with Crippen molar-refractivity contribution in [1.29, 1.82) is 0 Å². The fourth-order valence-electron chi connectivity index (χ4n) is 0. The zero-order chi connectivity index (χ0) is 8.99. The number of hydrogen-bond acceptors (Lipinski definition) is 1. The molecule has 0 unspecified atom stereocenters. The molecule has 0 atom stereocenters. The van der Waals surface area contributed by atoms with Crippen LogP contribution in [0.3, 0.4) is 0 Å². The minimum atomic E-state index is -0.833. The Morgan fingerprint density at radius 1 is 1.30 bits per heavy atom. The van der Waals surface area contributed by atoms with Crippen molar-refractivity contribution in [3.63, 3.8) is 0 Å². The second-order valence-corrected chi connectivity index (χ2v) is 0.990. The van der Waals surface area contributed by atoms with E-state index in [0.717, 1.165) is 6.92 Å². The molecular formula is C8H14O2. The van der Waals surface area contributed by atoms with Crippen molar-refractivity contribution in [3.05, 3.63) is 38.5 Å². The maximum absolute atomic E-state index is 9.00. The van der Waals surface area contributed by atoms with Gasteiger partial charge < -0.3 is 5.11 Å². The average Bonchev–Trinajstić information content (AvgIpc) is 1.91. The maximum atomic E-state index is 9.00. The SMILES string of the molecule is C=C.C=CC=C.CC(=O)O. The number of aliphatic carboxylic acids is 1. The van der Waals surface area contributed by atoms with Gasteiger partial charge in [-0.1, -0.05) is 25.3 Å². The number of hydrogen-bond donors (Lipinski definition) is 1. The summed E-state index contributed by atoms with van der Waals surface area (Å²) >= 11 is 0. The lowest BCUT2D eigenvalue weighted by Crippen LogP contribution is -1.78. The van der Waals surface area contributed by atoms with Crippen molar-refractivity contribution in [2.45, 2.75) is 6.92 Å². The van der Waals surface area contributed by atoms with Gasteiger partial charge in [0.15, 0.2) is 0 Å². The first-order valence-electron chi connectivity index (χ1n) is 2.58. The van der Waals surface area contributed by atoms with Gasteiger partial charge in [-0.15, -0.1) is 13.2 Å². The third-order valence-corrected chi connectivity index (χ3v) is 0.167. The molecule has 10 heavy (non-hydrogen) atoms. The molecule has 0 saturated heterocycles. The lowest BCUT2D eigenvalue weighted by molar-refractivity contribution is -0.134. The predicted octanol–water partition coefficient (Wildman–Crippen LogP) is 2.25. The Balaban J connectivity index is -0.0000000787. The fourth-order valence-corrected chi connectivity index (χ4v) is 0. The summed E-state index contributed by atoms with van der Waals surface area (Å²) in [5, 5.41) is 7.42. The summed E-state index contributed by atoms with van der Waals surface area (Å²) in [6.45, 7) is 13.8. The molecule has 0 heterocycles. The van der Waals surface area contributed by atoms with Crippen LogP contribution in [0.4, 0.5) is 0 Å². The van der Waals surface area contributed by atoms with Gasteiger partial charge >= 0.3 is 0 Å². The smallest absolute Gasteiger partial charge is 0.300 e. The van der Waals surface area contributed by atoms with Crippen molar-refractivity contribution in [1.82, 2.24) is 0 Å². The number of carboxylic acid groups (broad SMARTS) is 1. The molecule has 0 saturated carbocycles. The highest BCUT2D eigenvalue weighted by Gasteiger charge is 1.65. The molecule has 0 amide bonds. The third-order valence-electron chi connectivity index (χ3n) is 0.167.